The average molecular weight is 307 g/mol. The Balaban J connectivity index is 2.54. The quantitative estimate of drug-likeness (QED) is 0.576. The Kier molecular flexibility index (Phi) is 4.81. The van der Waals surface area contributed by atoms with Crippen LogP contribution in [0, 0.1) is 0 Å². The molecular weight excluding hydrogens is 294 g/mol. The van der Waals surface area contributed by atoms with Gasteiger partial charge in [0.05, 0.1) is 3.38 Å². The highest BCUT2D eigenvalue weighted by Crippen LogP contribution is 2.15. The lowest BCUT2D eigenvalue weighted by Gasteiger charge is -2.02. The molecule has 70 valence electrons. The summed E-state index contributed by atoms with van der Waals surface area (Å²) in [6, 6.07) is 8.43. The molecule has 0 aliphatic rings. The topological polar surface area (TPSA) is 0 Å². The van der Waals surface area contributed by atoms with Crippen molar-refractivity contribution >= 4 is 40.3 Å². The van der Waals surface area contributed by atoms with Crippen LogP contribution in [-0.2, 0) is 6.42 Å². The van der Waals surface area contributed by atoms with Gasteiger partial charge in [-0.2, -0.15) is 0 Å². The number of aryl methyl sites for hydroxylation is 1. The zero-order valence-corrected chi connectivity index (χ0v) is 10.3. The first-order valence-corrected chi connectivity index (χ1v) is 5.90. The predicted octanol–water partition coefficient (Wildman–Crippen LogP) is 4.26. The van der Waals surface area contributed by atoms with Crippen LogP contribution in [0.15, 0.2) is 30.8 Å². The summed E-state index contributed by atoms with van der Waals surface area (Å²) in [5, 5.41) is 0. The normalized spacial score (nSPS) is 12.5. The molecule has 1 atom stereocenters. The Morgan fingerprint density at radius 3 is 2.46 bits per heavy atom. The van der Waals surface area contributed by atoms with E-state index < -0.39 is 0 Å². The minimum atomic E-state index is 0.233. The van der Waals surface area contributed by atoms with E-state index in [2.05, 4.69) is 53.4 Å². The van der Waals surface area contributed by atoms with E-state index in [4.69, 9.17) is 11.6 Å². The SMILES string of the molecule is C=Cc1ccc(CCC(Cl)I)cc1. The second kappa shape index (κ2) is 5.66. The van der Waals surface area contributed by atoms with E-state index in [1.807, 2.05) is 6.08 Å². The summed E-state index contributed by atoms with van der Waals surface area (Å²) in [6.45, 7) is 3.71. The van der Waals surface area contributed by atoms with E-state index >= 15 is 0 Å². The molecule has 2 heteroatoms. The monoisotopic (exact) mass is 306 g/mol. The van der Waals surface area contributed by atoms with Gasteiger partial charge in [0.2, 0.25) is 0 Å². The van der Waals surface area contributed by atoms with Crippen molar-refractivity contribution in [1.82, 2.24) is 0 Å². The average Bonchev–Trinajstić information content (AvgIpc) is 2.15. The molecule has 13 heavy (non-hydrogen) atoms. The molecule has 0 nitrogen and oxygen atoms in total. The molecule has 1 unspecified atom stereocenters. The zero-order chi connectivity index (χ0) is 9.68. The lowest BCUT2D eigenvalue weighted by molar-refractivity contribution is 0.914. The standard InChI is InChI=1S/C11H12ClI/c1-2-9-3-5-10(6-4-9)7-8-11(12)13/h2-6,11H,1,7-8H2. The highest BCUT2D eigenvalue weighted by molar-refractivity contribution is 14.1. The molecule has 0 radical (unpaired) electrons. The Morgan fingerprint density at radius 1 is 1.38 bits per heavy atom. The second-order valence-corrected chi connectivity index (χ2v) is 5.64. The summed E-state index contributed by atoms with van der Waals surface area (Å²) in [5.41, 5.74) is 2.51. The fourth-order valence-electron chi connectivity index (χ4n) is 1.10. The van der Waals surface area contributed by atoms with Gasteiger partial charge < -0.3 is 0 Å². The van der Waals surface area contributed by atoms with Crippen LogP contribution in [0.25, 0.3) is 6.08 Å². The molecule has 1 aromatic carbocycles. The van der Waals surface area contributed by atoms with Crippen molar-refractivity contribution < 1.29 is 0 Å². The Hall–Kier alpha value is -0.0200. The summed E-state index contributed by atoms with van der Waals surface area (Å²) in [5.74, 6) is 0. The van der Waals surface area contributed by atoms with E-state index in [0.717, 1.165) is 12.8 Å². The van der Waals surface area contributed by atoms with Crippen molar-refractivity contribution in [3.05, 3.63) is 42.0 Å². The number of hydrogen-bond acceptors (Lipinski definition) is 0. The first-order valence-electron chi connectivity index (χ1n) is 4.22. The van der Waals surface area contributed by atoms with Crippen LogP contribution < -0.4 is 0 Å². The summed E-state index contributed by atoms with van der Waals surface area (Å²) < 4.78 is 0.233. The van der Waals surface area contributed by atoms with Crippen LogP contribution in [0.4, 0.5) is 0 Å². The van der Waals surface area contributed by atoms with E-state index in [0.29, 0.717) is 0 Å². The first-order chi connectivity index (χ1) is 6.22. The fourth-order valence-corrected chi connectivity index (χ4v) is 1.52. The van der Waals surface area contributed by atoms with Gasteiger partial charge in [-0.05, 0) is 24.0 Å². The Bertz CT molecular complexity index is 264. The Labute approximate surface area is 98.1 Å². The summed E-state index contributed by atoms with van der Waals surface area (Å²) in [6.07, 6.45) is 3.93. The molecule has 0 aliphatic carbocycles. The highest BCUT2D eigenvalue weighted by Gasteiger charge is 1.98. The number of halogens is 2. The molecule has 0 amide bonds. The van der Waals surface area contributed by atoms with E-state index in [-0.39, 0.29) is 3.38 Å². The summed E-state index contributed by atoms with van der Waals surface area (Å²) in [7, 11) is 0. The summed E-state index contributed by atoms with van der Waals surface area (Å²) >= 11 is 8.09. The zero-order valence-electron chi connectivity index (χ0n) is 7.34. The first kappa shape index (κ1) is 11.1. The maximum absolute atomic E-state index is 5.86. The molecule has 0 fully saturated rings. The van der Waals surface area contributed by atoms with Gasteiger partial charge in [0.15, 0.2) is 0 Å². The van der Waals surface area contributed by atoms with Gasteiger partial charge in [-0.25, -0.2) is 0 Å². The molecule has 0 saturated heterocycles. The van der Waals surface area contributed by atoms with Crippen molar-refractivity contribution in [2.75, 3.05) is 0 Å². The van der Waals surface area contributed by atoms with Gasteiger partial charge in [-0.1, -0.05) is 59.5 Å². The highest BCUT2D eigenvalue weighted by atomic mass is 127. The molecule has 0 spiro atoms. The lowest BCUT2D eigenvalue weighted by atomic mass is 10.1. The van der Waals surface area contributed by atoms with Crippen LogP contribution in [-0.4, -0.2) is 3.38 Å². The van der Waals surface area contributed by atoms with Gasteiger partial charge in [0.25, 0.3) is 0 Å². The van der Waals surface area contributed by atoms with Gasteiger partial charge >= 0.3 is 0 Å². The minimum Gasteiger partial charge on any atom is -0.111 e. The number of hydrogen-bond donors (Lipinski definition) is 0. The van der Waals surface area contributed by atoms with Gasteiger partial charge in [-0.15, -0.1) is 11.6 Å². The fraction of sp³-hybridized carbons (Fsp3) is 0.273. The van der Waals surface area contributed by atoms with Crippen molar-refractivity contribution in [3.8, 4) is 0 Å². The van der Waals surface area contributed by atoms with Crippen LogP contribution in [0.1, 0.15) is 17.5 Å². The van der Waals surface area contributed by atoms with Gasteiger partial charge in [-0.3, -0.25) is 0 Å². The molecule has 1 aromatic rings. The van der Waals surface area contributed by atoms with E-state index in [9.17, 15) is 0 Å². The van der Waals surface area contributed by atoms with Gasteiger partial charge in [0, 0.05) is 0 Å². The van der Waals surface area contributed by atoms with E-state index in [1.54, 1.807) is 0 Å². The maximum atomic E-state index is 5.86. The molecule has 0 saturated carbocycles. The third kappa shape index (κ3) is 4.14. The van der Waals surface area contributed by atoms with Gasteiger partial charge in [0.1, 0.15) is 0 Å². The van der Waals surface area contributed by atoms with Crippen molar-refractivity contribution in [1.29, 1.82) is 0 Å². The predicted molar refractivity (Wildman–Crippen MR) is 68.5 cm³/mol. The molecule has 0 heterocycles. The van der Waals surface area contributed by atoms with Crippen LogP contribution in [0.5, 0.6) is 0 Å². The Morgan fingerprint density at radius 2 is 2.00 bits per heavy atom. The lowest BCUT2D eigenvalue weighted by Crippen LogP contribution is -1.91. The largest absolute Gasteiger partial charge is 0.111 e. The summed E-state index contributed by atoms with van der Waals surface area (Å²) in [4.78, 5) is 0. The smallest absolute Gasteiger partial charge is 0.0853 e. The number of rotatable bonds is 4. The molecule has 0 aromatic heterocycles. The minimum absolute atomic E-state index is 0.233. The molecule has 0 N–H and O–H groups in total. The van der Waals surface area contributed by atoms with Crippen molar-refractivity contribution in [3.63, 3.8) is 0 Å². The maximum Gasteiger partial charge on any atom is 0.0853 e. The molecule has 1 rings (SSSR count). The number of alkyl halides is 2. The molecular formula is C11H12ClI. The van der Waals surface area contributed by atoms with Crippen LogP contribution in [0.2, 0.25) is 0 Å². The van der Waals surface area contributed by atoms with Crippen molar-refractivity contribution in [2.24, 2.45) is 0 Å². The van der Waals surface area contributed by atoms with Crippen LogP contribution in [0.3, 0.4) is 0 Å². The number of benzene rings is 1. The molecule has 0 aliphatic heterocycles. The third-order valence-corrected chi connectivity index (χ3v) is 2.71. The van der Waals surface area contributed by atoms with Crippen LogP contribution >= 0.6 is 34.2 Å². The third-order valence-electron chi connectivity index (χ3n) is 1.87. The van der Waals surface area contributed by atoms with Crippen molar-refractivity contribution in [2.45, 2.75) is 16.2 Å². The van der Waals surface area contributed by atoms with E-state index in [1.165, 1.54) is 11.1 Å². The molecule has 0 bridgehead atoms. The second-order valence-electron chi connectivity index (χ2n) is 2.88.